The molecule has 4 rings (SSSR count). The number of carbonyl (C=O) groups excluding carboxylic acids is 1. The summed E-state index contributed by atoms with van der Waals surface area (Å²) >= 11 is 7.62. The van der Waals surface area contributed by atoms with E-state index in [1.165, 1.54) is 11.3 Å². The lowest BCUT2D eigenvalue weighted by Crippen LogP contribution is -2.43. The third kappa shape index (κ3) is 3.06. The van der Waals surface area contributed by atoms with Crippen LogP contribution in [0.15, 0.2) is 48.8 Å². The second-order valence-electron chi connectivity index (χ2n) is 5.90. The number of ether oxygens (including phenoxy) is 1. The van der Waals surface area contributed by atoms with Crippen LogP contribution >= 0.6 is 22.9 Å². The molecule has 2 aromatic heterocycles. The van der Waals surface area contributed by atoms with Crippen LogP contribution in [0, 0.1) is 0 Å². The van der Waals surface area contributed by atoms with E-state index in [2.05, 4.69) is 9.97 Å². The van der Waals surface area contributed by atoms with E-state index in [9.17, 15) is 4.79 Å². The summed E-state index contributed by atoms with van der Waals surface area (Å²) < 4.78 is 5.95. The molecule has 0 unspecified atom stereocenters. The Morgan fingerprint density at radius 3 is 2.96 bits per heavy atom. The quantitative estimate of drug-likeness (QED) is 0.657. The Hall–Kier alpha value is -2.44. The van der Waals surface area contributed by atoms with E-state index in [-0.39, 0.29) is 12.0 Å². The monoisotopic (exact) mass is 385 g/mol. The smallest absolute Gasteiger partial charge is 0.270 e. The van der Waals surface area contributed by atoms with Gasteiger partial charge in [0, 0.05) is 6.20 Å². The lowest BCUT2D eigenvalue weighted by Gasteiger charge is -2.34. The molecule has 1 aliphatic heterocycles. The first kappa shape index (κ1) is 17.0. The molecule has 1 aliphatic rings. The molecule has 0 saturated heterocycles. The number of carbonyl (C=O) groups is 1. The molecule has 0 N–H and O–H groups in total. The standard InChI is InChI=1S/C19H16ClN3O2S/c1-2-12-11-23(15-8-5-6-13(20)17(15)25-12)19(24)16-10-22-18(26-16)14-7-3-4-9-21-14/h3-10,12H,2,11H2,1H3/t12-/m0/s1. The molecule has 1 aromatic carbocycles. The van der Waals surface area contributed by atoms with E-state index >= 15 is 0 Å². The topological polar surface area (TPSA) is 55.3 Å². The van der Waals surface area contributed by atoms with Crippen molar-refractivity contribution in [3.05, 3.63) is 58.7 Å². The van der Waals surface area contributed by atoms with Gasteiger partial charge in [-0.05, 0) is 30.7 Å². The Labute approximate surface area is 160 Å². The summed E-state index contributed by atoms with van der Waals surface area (Å²) in [6.07, 6.45) is 4.02. The van der Waals surface area contributed by atoms with E-state index < -0.39 is 0 Å². The summed E-state index contributed by atoms with van der Waals surface area (Å²) in [5.74, 6) is 0.463. The fraction of sp³-hybridized carbons (Fsp3) is 0.211. The van der Waals surface area contributed by atoms with Gasteiger partial charge in [0.1, 0.15) is 16.0 Å². The fourth-order valence-electron chi connectivity index (χ4n) is 2.85. The molecule has 0 fully saturated rings. The SMILES string of the molecule is CC[C@H]1CN(C(=O)c2cnc(-c3ccccn3)s2)c2cccc(Cl)c2O1. The van der Waals surface area contributed by atoms with E-state index in [4.69, 9.17) is 16.3 Å². The number of rotatable bonds is 3. The molecular weight excluding hydrogens is 370 g/mol. The summed E-state index contributed by atoms with van der Waals surface area (Å²) in [6, 6.07) is 11.1. The number of thiazole rings is 1. The summed E-state index contributed by atoms with van der Waals surface area (Å²) in [7, 11) is 0. The van der Waals surface area contributed by atoms with Crippen molar-refractivity contribution in [3.63, 3.8) is 0 Å². The zero-order valence-electron chi connectivity index (χ0n) is 14.1. The predicted octanol–water partition coefficient (Wildman–Crippen LogP) is 4.68. The molecule has 1 amide bonds. The highest BCUT2D eigenvalue weighted by Crippen LogP contribution is 2.40. The first-order chi connectivity index (χ1) is 12.7. The predicted molar refractivity (Wildman–Crippen MR) is 103 cm³/mol. The molecule has 26 heavy (non-hydrogen) atoms. The molecular formula is C19H16ClN3O2S. The van der Waals surface area contributed by atoms with Crippen LogP contribution in [0.3, 0.4) is 0 Å². The molecule has 0 spiro atoms. The van der Waals surface area contributed by atoms with Gasteiger partial charge in [-0.2, -0.15) is 0 Å². The van der Waals surface area contributed by atoms with Crippen molar-refractivity contribution in [3.8, 4) is 16.5 Å². The van der Waals surface area contributed by atoms with Gasteiger partial charge in [-0.25, -0.2) is 4.98 Å². The van der Waals surface area contributed by atoms with E-state index in [0.29, 0.717) is 27.9 Å². The molecule has 132 valence electrons. The molecule has 0 bridgehead atoms. The summed E-state index contributed by atoms with van der Waals surface area (Å²) in [4.78, 5) is 24.1. The number of aromatic nitrogens is 2. The minimum atomic E-state index is -0.102. The molecule has 3 heterocycles. The number of amides is 1. The number of fused-ring (bicyclic) bond motifs is 1. The van der Waals surface area contributed by atoms with Crippen molar-refractivity contribution in [1.82, 2.24) is 9.97 Å². The Bertz CT molecular complexity index is 945. The van der Waals surface area contributed by atoms with Crippen LogP contribution in [0.1, 0.15) is 23.0 Å². The highest BCUT2D eigenvalue weighted by molar-refractivity contribution is 7.17. The number of para-hydroxylation sites is 1. The lowest BCUT2D eigenvalue weighted by molar-refractivity contribution is 0.0958. The van der Waals surface area contributed by atoms with Crippen LogP contribution in [0.25, 0.3) is 10.7 Å². The lowest BCUT2D eigenvalue weighted by atomic mass is 10.1. The van der Waals surface area contributed by atoms with Crippen molar-refractivity contribution >= 4 is 34.5 Å². The number of hydrogen-bond donors (Lipinski definition) is 0. The van der Waals surface area contributed by atoms with Gasteiger partial charge in [-0.15, -0.1) is 11.3 Å². The first-order valence-electron chi connectivity index (χ1n) is 8.31. The minimum Gasteiger partial charge on any atom is -0.485 e. The average molecular weight is 386 g/mol. The fourth-order valence-corrected chi connectivity index (χ4v) is 3.91. The zero-order valence-corrected chi connectivity index (χ0v) is 15.6. The van der Waals surface area contributed by atoms with Crippen LogP contribution in [0.4, 0.5) is 5.69 Å². The summed E-state index contributed by atoms with van der Waals surface area (Å²) in [5.41, 5.74) is 1.45. The maximum Gasteiger partial charge on any atom is 0.270 e. The average Bonchev–Trinajstić information content (AvgIpc) is 3.18. The Balaban J connectivity index is 1.68. The zero-order chi connectivity index (χ0) is 18.1. The van der Waals surface area contributed by atoms with Gasteiger partial charge < -0.3 is 9.64 Å². The number of pyridine rings is 1. The number of benzene rings is 1. The van der Waals surface area contributed by atoms with Gasteiger partial charge in [-0.3, -0.25) is 9.78 Å². The van der Waals surface area contributed by atoms with Crippen LogP contribution in [-0.2, 0) is 0 Å². The van der Waals surface area contributed by atoms with Gasteiger partial charge >= 0.3 is 0 Å². The Morgan fingerprint density at radius 2 is 2.19 bits per heavy atom. The maximum atomic E-state index is 13.2. The second kappa shape index (κ2) is 7.05. The maximum absolute atomic E-state index is 13.2. The van der Waals surface area contributed by atoms with Crippen molar-refractivity contribution < 1.29 is 9.53 Å². The van der Waals surface area contributed by atoms with Crippen LogP contribution in [0.5, 0.6) is 5.75 Å². The van der Waals surface area contributed by atoms with Gasteiger partial charge in [-0.1, -0.05) is 30.7 Å². The van der Waals surface area contributed by atoms with Gasteiger partial charge in [0.05, 0.1) is 29.1 Å². The second-order valence-corrected chi connectivity index (χ2v) is 7.33. The summed E-state index contributed by atoms with van der Waals surface area (Å²) in [5, 5.41) is 1.23. The molecule has 7 heteroatoms. The van der Waals surface area contributed by atoms with Crippen molar-refractivity contribution in [2.45, 2.75) is 19.4 Å². The van der Waals surface area contributed by atoms with Crippen molar-refractivity contribution in [1.29, 1.82) is 0 Å². The number of anilines is 1. The molecule has 0 radical (unpaired) electrons. The first-order valence-corrected chi connectivity index (χ1v) is 9.51. The van der Waals surface area contributed by atoms with Crippen LogP contribution < -0.4 is 9.64 Å². The molecule has 5 nitrogen and oxygen atoms in total. The van der Waals surface area contributed by atoms with E-state index in [1.54, 1.807) is 23.4 Å². The molecule has 1 atom stereocenters. The summed E-state index contributed by atoms with van der Waals surface area (Å²) in [6.45, 7) is 2.51. The third-order valence-electron chi connectivity index (χ3n) is 4.21. The normalized spacial score (nSPS) is 16.1. The Kier molecular flexibility index (Phi) is 4.61. The largest absolute Gasteiger partial charge is 0.485 e. The van der Waals surface area contributed by atoms with Crippen molar-refractivity contribution in [2.24, 2.45) is 0 Å². The van der Waals surface area contributed by atoms with Crippen molar-refractivity contribution in [2.75, 3.05) is 11.4 Å². The number of halogens is 1. The van der Waals surface area contributed by atoms with E-state index in [1.807, 2.05) is 37.3 Å². The van der Waals surface area contributed by atoms with Gasteiger partial charge in [0.2, 0.25) is 0 Å². The van der Waals surface area contributed by atoms with Crippen LogP contribution in [-0.4, -0.2) is 28.5 Å². The molecule has 0 aliphatic carbocycles. The minimum absolute atomic E-state index is 0.0884. The molecule has 3 aromatic rings. The van der Waals surface area contributed by atoms with Gasteiger partial charge in [0.25, 0.3) is 5.91 Å². The Morgan fingerprint density at radius 1 is 1.31 bits per heavy atom. The van der Waals surface area contributed by atoms with E-state index in [0.717, 1.165) is 17.1 Å². The third-order valence-corrected chi connectivity index (χ3v) is 5.51. The number of hydrogen-bond acceptors (Lipinski definition) is 5. The highest BCUT2D eigenvalue weighted by Gasteiger charge is 2.31. The number of nitrogens with zero attached hydrogens (tertiary/aromatic N) is 3. The highest BCUT2D eigenvalue weighted by atomic mass is 35.5. The van der Waals surface area contributed by atoms with Crippen LogP contribution in [0.2, 0.25) is 5.02 Å². The molecule has 0 saturated carbocycles. The van der Waals surface area contributed by atoms with Gasteiger partial charge in [0.15, 0.2) is 5.75 Å².